The Morgan fingerprint density at radius 1 is 1.09 bits per heavy atom. The van der Waals surface area contributed by atoms with Gasteiger partial charge in [0.2, 0.25) is 0 Å². The molecule has 0 saturated carbocycles. The van der Waals surface area contributed by atoms with E-state index in [-0.39, 0.29) is 0 Å². The number of nitrogens with one attached hydrogen (secondary N) is 1. The van der Waals surface area contributed by atoms with E-state index in [9.17, 15) is 0 Å². The summed E-state index contributed by atoms with van der Waals surface area (Å²) in [5, 5.41) is 3.55. The molecule has 1 saturated heterocycles. The molecule has 0 amide bonds. The normalized spacial score (nSPS) is 30.2. The lowest BCUT2D eigenvalue weighted by molar-refractivity contribution is 0.544. The molecule has 0 aromatic carbocycles. The van der Waals surface area contributed by atoms with Crippen LogP contribution in [0.1, 0.15) is 25.7 Å². The molecule has 0 bridgehead atoms. The summed E-state index contributed by atoms with van der Waals surface area (Å²) in [6.45, 7) is 7.47. The van der Waals surface area contributed by atoms with Gasteiger partial charge >= 0.3 is 0 Å². The van der Waals surface area contributed by atoms with Crippen molar-refractivity contribution in [1.82, 2.24) is 5.32 Å². The fourth-order valence-corrected chi connectivity index (χ4v) is 1.68. The summed E-state index contributed by atoms with van der Waals surface area (Å²) in [5.74, 6) is 0. The van der Waals surface area contributed by atoms with E-state index in [1.54, 1.807) is 0 Å². The topological polar surface area (TPSA) is 12.0 Å². The molecular formula is C10H17N. The summed E-state index contributed by atoms with van der Waals surface area (Å²) < 4.78 is 0. The Bertz CT molecular complexity index is 124. The smallest absolute Gasteiger partial charge is 0.0105 e. The Labute approximate surface area is 69.2 Å². The largest absolute Gasteiger partial charge is 0.311 e. The van der Waals surface area contributed by atoms with Gasteiger partial charge in [0.25, 0.3) is 0 Å². The molecule has 0 spiro atoms. The van der Waals surface area contributed by atoms with Gasteiger partial charge in [0.1, 0.15) is 0 Å². The van der Waals surface area contributed by atoms with E-state index in [0.717, 1.165) is 12.8 Å². The first-order valence-electron chi connectivity index (χ1n) is 4.34. The summed E-state index contributed by atoms with van der Waals surface area (Å²) in [4.78, 5) is 0. The van der Waals surface area contributed by atoms with Crippen molar-refractivity contribution in [3.05, 3.63) is 25.3 Å². The molecule has 11 heavy (non-hydrogen) atoms. The molecule has 0 aliphatic carbocycles. The van der Waals surface area contributed by atoms with Gasteiger partial charge < -0.3 is 5.32 Å². The summed E-state index contributed by atoms with van der Waals surface area (Å²) in [6, 6.07) is 1.36. The molecular weight excluding hydrogens is 134 g/mol. The van der Waals surface area contributed by atoms with Gasteiger partial charge in [-0.3, -0.25) is 0 Å². The van der Waals surface area contributed by atoms with E-state index in [4.69, 9.17) is 0 Å². The molecule has 62 valence electrons. The third-order valence-electron chi connectivity index (χ3n) is 2.24. The van der Waals surface area contributed by atoms with Crippen LogP contribution in [0.5, 0.6) is 0 Å². The molecule has 1 rings (SSSR count). The lowest BCUT2D eigenvalue weighted by Crippen LogP contribution is -2.28. The molecule has 0 radical (unpaired) electrons. The molecule has 0 aromatic heterocycles. The van der Waals surface area contributed by atoms with Crippen LogP contribution >= 0.6 is 0 Å². The molecule has 1 N–H and O–H groups in total. The third-order valence-corrected chi connectivity index (χ3v) is 2.24. The van der Waals surface area contributed by atoms with Gasteiger partial charge in [0.15, 0.2) is 0 Å². The zero-order chi connectivity index (χ0) is 8.10. The predicted octanol–water partition coefficient (Wildman–Crippen LogP) is 2.26. The average Bonchev–Trinajstić information content (AvgIpc) is 2.38. The van der Waals surface area contributed by atoms with Crippen LogP contribution in [0.15, 0.2) is 25.3 Å². The molecule has 1 aliphatic heterocycles. The highest BCUT2D eigenvalue weighted by atomic mass is 15.0. The van der Waals surface area contributed by atoms with Crippen LogP contribution in [0.4, 0.5) is 0 Å². The zero-order valence-electron chi connectivity index (χ0n) is 7.05. The van der Waals surface area contributed by atoms with Crippen molar-refractivity contribution in [3.63, 3.8) is 0 Å². The van der Waals surface area contributed by atoms with Crippen molar-refractivity contribution in [1.29, 1.82) is 0 Å². The molecule has 1 heterocycles. The minimum Gasteiger partial charge on any atom is -0.311 e. The highest BCUT2D eigenvalue weighted by molar-refractivity contribution is 4.90. The molecule has 0 aromatic rings. The molecule has 1 heteroatoms. The van der Waals surface area contributed by atoms with Gasteiger partial charge in [0, 0.05) is 12.1 Å². The highest BCUT2D eigenvalue weighted by Crippen LogP contribution is 2.17. The van der Waals surface area contributed by atoms with Gasteiger partial charge in [-0.2, -0.15) is 0 Å². The monoisotopic (exact) mass is 151 g/mol. The minimum atomic E-state index is 0.678. The van der Waals surface area contributed by atoms with Gasteiger partial charge in [-0.25, -0.2) is 0 Å². The van der Waals surface area contributed by atoms with Crippen LogP contribution in [-0.2, 0) is 0 Å². The van der Waals surface area contributed by atoms with E-state index in [1.807, 2.05) is 12.2 Å². The van der Waals surface area contributed by atoms with E-state index in [0.29, 0.717) is 12.1 Å². The first-order valence-corrected chi connectivity index (χ1v) is 4.34. The van der Waals surface area contributed by atoms with Crippen LogP contribution in [0, 0.1) is 0 Å². The Balaban J connectivity index is 2.22. The molecule has 1 nitrogen and oxygen atoms in total. The second kappa shape index (κ2) is 4.35. The van der Waals surface area contributed by atoms with E-state index >= 15 is 0 Å². The first-order chi connectivity index (χ1) is 5.36. The fraction of sp³-hybridized carbons (Fsp3) is 0.600. The number of hydrogen-bond donors (Lipinski definition) is 1. The highest BCUT2D eigenvalue weighted by Gasteiger charge is 2.20. The Morgan fingerprint density at radius 3 is 1.91 bits per heavy atom. The zero-order valence-corrected chi connectivity index (χ0v) is 7.05. The van der Waals surface area contributed by atoms with E-state index < -0.39 is 0 Å². The summed E-state index contributed by atoms with van der Waals surface area (Å²) in [6.07, 6.45) is 8.79. The van der Waals surface area contributed by atoms with Crippen molar-refractivity contribution in [2.75, 3.05) is 0 Å². The average molecular weight is 151 g/mol. The van der Waals surface area contributed by atoms with Crippen LogP contribution in [-0.4, -0.2) is 12.1 Å². The number of rotatable bonds is 4. The predicted molar refractivity (Wildman–Crippen MR) is 49.6 cm³/mol. The summed E-state index contributed by atoms with van der Waals surface area (Å²) in [7, 11) is 0. The van der Waals surface area contributed by atoms with Gasteiger partial charge in [0.05, 0.1) is 0 Å². The van der Waals surface area contributed by atoms with Gasteiger partial charge in [-0.05, 0) is 25.7 Å². The third kappa shape index (κ3) is 2.51. The Kier molecular flexibility index (Phi) is 3.37. The molecule has 0 unspecified atom stereocenters. The second-order valence-electron chi connectivity index (χ2n) is 3.19. The SMILES string of the molecule is C=CC[C@H]1CC[C@H](CC=C)N1. The van der Waals surface area contributed by atoms with Crippen molar-refractivity contribution >= 4 is 0 Å². The lowest BCUT2D eigenvalue weighted by Gasteiger charge is -2.10. The van der Waals surface area contributed by atoms with Crippen molar-refractivity contribution < 1.29 is 0 Å². The van der Waals surface area contributed by atoms with Crippen LogP contribution < -0.4 is 5.32 Å². The van der Waals surface area contributed by atoms with Crippen molar-refractivity contribution in [3.8, 4) is 0 Å². The van der Waals surface area contributed by atoms with E-state index in [1.165, 1.54) is 12.8 Å². The maximum atomic E-state index is 3.74. The standard InChI is InChI=1S/C10H17N/c1-3-5-9-7-8-10(11-9)6-4-2/h3-4,9-11H,1-2,5-8H2/t9-,10-/m0/s1. The maximum absolute atomic E-state index is 3.74. The van der Waals surface area contributed by atoms with Gasteiger partial charge in [-0.15, -0.1) is 13.2 Å². The quantitative estimate of drug-likeness (QED) is 0.608. The number of hydrogen-bond acceptors (Lipinski definition) is 1. The maximum Gasteiger partial charge on any atom is 0.0105 e. The lowest BCUT2D eigenvalue weighted by atomic mass is 10.1. The summed E-state index contributed by atoms with van der Waals surface area (Å²) >= 11 is 0. The minimum absolute atomic E-state index is 0.678. The Morgan fingerprint density at radius 2 is 1.55 bits per heavy atom. The van der Waals surface area contributed by atoms with Crippen LogP contribution in [0.2, 0.25) is 0 Å². The molecule has 1 aliphatic rings. The fourth-order valence-electron chi connectivity index (χ4n) is 1.68. The van der Waals surface area contributed by atoms with Crippen LogP contribution in [0.25, 0.3) is 0 Å². The Hall–Kier alpha value is -0.560. The summed E-state index contributed by atoms with van der Waals surface area (Å²) in [5.41, 5.74) is 0. The van der Waals surface area contributed by atoms with Crippen molar-refractivity contribution in [2.45, 2.75) is 37.8 Å². The molecule has 1 fully saturated rings. The van der Waals surface area contributed by atoms with Crippen LogP contribution in [0.3, 0.4) is 0 Å². The van der Waals surface area contributed by atoms with Crippen molar-refractivity contribution in [2.24, 2.45) is 0 Å². The molecule has 2 atom stereocenters. The van der Waals surface area contributed by atoms with Gasteiger partial charge in [-0.1, -0.05) is 12.2 Å². The van der Waals surface area contributed by atoms with E-state index in [2.05, 4.69) is 18.5 Å². The second-order valence-corrected chi connectivity index (χ2v) is 3.19. The first kappa shape index (κ1) is 8.54.